The van der Waals surface area contributed by atoms with Crippen LogP contribution in [-0.4, -0.2) is 54.1 Å². The largest absolute Gasteiger partial charge is 0.381 e. The lowest BCUT2D eigenvalue weighted by atomic mass is 9.51. The van der Waals surface area contributed by atoms with Crippen LogP contribution in [0.1, 0.15) is 51.4 Å². The molecule has 22 heavy (non-hydrogen) atoms. The Balaban J connectivity index is 1.55. The molecule has 2 saturated heterocycles. The van der Waals surface area contributed by atoms with Crippen molar-refractivity contribution in [3.8, 4) is 0 Å². The molecule has 5 nitrogen and oxygen atoms in total. The number of hydrogen-bond acceptors (Lipinski definition) is 3. The number of carbonyl (C=O) groups is 2. The van der Waals surface area contributed by atoms with Gasteiger partial charge in [0.1, 0.15) is 5.54 Å². The highest BCUT2D eigenvalue weighted by Gasteiger charge is 2.67. The number of urea groups is 1. The number of hydrogen-bond donors (Lipinski definition) is 0. The molecule has 4 fully saturated rings. The maximum absolute atomic E-state index is 12.8. The molecule has 0 aromatic heterocycles. The monoisotopic (exact) mass is 306 g/mol. The molecule has 4 aliphatic rings. The fraction of sp³-hybridized carbons (Fsp3) is 0.882. The Labute approximate surface area is 132 Å². The van der Waals surface area contributed by atoms with E-state index in [1.54, 1.807) is 7.05 Å². The van der Waals surface area contributed by atoms with Gasteiger partial charge in [0.2, 0.25) is 0 Å². The second-order valence-electron chi connectivity index (χ2n) is 7.93. The van der Waals surface area contributed by atoms with Crippen LogP contribution < -0.4 is 0 Å². The summed E-state index contributed by atoms with van der Waals surface area (Å²) >= 11 is 0. The highest BCUT2D eigenvalue weighted by Crippen LogP contribution is 2.61. The Kier molecular flexibility index (Phi) is 3.26. The van der Waals surface area contributed by atoms with Crippen LogP contribution in [0, 0.1) is 11.3 Å². The first-order valence-electron chi connectivity index (χ1n) is 8.74. The summed E-state index contributed by atoms with van der Waals surface area (Å²) in [5.41, 5.74) is -0.185. The van der Waals surface area contributed by atoms with Crippen LogP contribution in [0.25, 0.3) is 0 Å². The van der Waals surface area contributed by atoms with E-state index in [-0.39, 0.29) is 11.9 Å². The molecule has 2 aliphatic heterocycles. The van der Waals surface area contributed by atoms with Crippen LogP contribution >= 0.6 is 0 Å². The average molecular weight is 306 g/mol. The van der Waals surface area contributed by atoms with E-state index in [4.69, 9.17) is 4.74 Å². The van der Waals surface area contributed by atoms with Crippen molar-refractivity contribution in [2.75, 3.05) is 26.8 Å². The van der Waals surface area contributed by atoms with E-state index < -0.39 is 5.54 Å². The molecule has 0 N–H and O–H groups in total. The topological polar surface area (TPSA) is 49.9 Å². The Hall–Kier alpha value is -1.10. The maximum Gasteiger partial charge on any atom is 0.327 e. The standard InChI is InChI=1S/C17H26N2O3/c1-18-14(20)17(11-16(12-17)6-3-2-4-7-16)19(15(18)21)9-13-5-8-22-10-13/h13H,2-12H2,1H3/t13-/m1/s1. The van der Waals surface area contributed by atoms with E-state index in [2.05, 4.69) is 0 Å². The number of imide groups is 1. The molecule has 0 radical (unpaired) electrons. The van der Waals surface area contributed by atoms with Gasteiger partial charge in [-0.2, -0.15) is 0 Å². The van der Waals surface area contributed by atoms with Crippen LogP contribution in [0.5, 0.6) is 0 Å². The smallest absolute Gasteiger partial charge is 0.327 e. The van der Waals surface area contributed by atoms with Crippen molar-refractivity contribution in [2.24, 2.45) is 11.3 Å². The molecule has 4 rings (SSSR count). The van der Waals surface area contributed by atoms with Gasteiger partial charge in [-0.3, -0.25) is 9.69 Å². The summed E-state index contributed by atoms with van der Waals surface area (Å²) in [7, 11) is 1.64. The zero-order valence-electron chi connectivity index (χ0n) is 13.5. The van der Waals surface area contributed by atoms with Crippen molar-refractivity contribution < 1.29 is 14.3 Å². The molecule has 2 spiro atoms. The van der Waals surface area contributed by atoms with Crippen molar-refractivity contribution >= 4 is 11.9 Å². The predicted octanol–water partition coefficient (Wildman–Crippen LogP) is 2.40. The number of nitrogens with zero attached hydrogens (tertiary/aromatic N) is 2. The van der Waals surface area contributed by atoms with Crippen molar-refractivity contribution in [1.82, 2.24) is 9.80 Å². The van der Waals surface area contributed by atoms with E-state index in [1.807, 2.05) is 4.90 Å². The van der Waals surface area contributed by atoms with Gasteiger partial charge in [0.05, 0.1) is 6.61 Å². The minimum atomic E-state index is -0.522. The summed E-state index contributed by atoms with van der Waals surface area (Å²) in [6, 6.07) is -0.0949. The minimum Gasteiger partial charge on any atom is -0.381 e. The maximum atomic E-state index is 12.8. The van der Waals surface area contributed by atoms with Gasteiger partial charge in [-0.15, -0.1) is 0 Å². The van der Waals surface area contributed by atoms with Gasteiger partial charge in [0.15, 0.2) is 0 Å². The molecule has 5 heteroatoms. The average Bonchev–Trinajstić information content (AvgIpc) is 3.06. The lowest BCUT2D eigenvalue weighted by Gasteiger charge is -2.58. The zero-order chi connectivity index (χ0) is 15.4. The molecule has 0 bridgehead atoms. The molecule has 0 unspecified atom stereocenters. The molecular formula is C17H26N2O3. The Morgan fingerprint density at radius 1 is 1.18 bits per heavy atom. The van der Waals surface area contributed by atoms with Crippen LogP contribution in [0.15, 0.2) is 0 Å². The van der Waals surface area contributed by atoms with Crippen LogP contribution in [0.3, 0.4) is 0 Å². The normalized spacial score (nSPS) is 33.0. The fourth-order valence-electron chi connectivity index (χ4n) is 5.30. The third-order valence-corrected chi connectivity index (χ3v) is 6.45. The first-order valence-corrected chi connectivity index (χ1v) is 8.74. The number of amides is 3. The number of carbonyl (C=O) groups excluding carboxylic acids is 2. The molecule has 0 aromatic rings. The number of rotatable bonds is 2. The van der Waals surface area contributed by atoms with Crippen molar-refractivity contribution in [3.63, 3.8) is 0 Å². The summed E-state index contributed by atoms with van der Waals surface area (Å²) in [4.78, 5) is 28.6. The first kappa shape index (κ1) is 14.5. The van der Waals surface area contributed by atoms with Crippen LogP contribution in [0.2, 0.25) is 0 Å². The molecule has 2 saturated carbocycles. The second kappa shape index (κ2) is 4.95. The van der Waals surface area contributed by atoms with Gasteiger partial charge in [-0.05, 0) is 37.5 Å². The summed E-state index contributed by atoms with van der Waals surface area (Å²) in [5, 5.41) is 0. The van der Waals surface area contributed by atoms with E-state index in [9.17, 15) is 9.59 Å². The summed E-state index contributed by atoms with van der Waals surface area (Å²) in [6.07, 6.45) is 9.15. The van der Waals surface area contributed by atoms with Crippen molar-refractivity contribution in [3.05, 3.63) is 0 Å². The second-order valence-corrected chi connectivity index (χ2v) is 7.93. The molecule has 2 heterocycles. The quantitative estimate of drug-likeness (QED) is 0.736. The van der Waals surface area contributed by atoms with Crippen molar-refractivity contribution in [2.45, 2.75) is 56.9 Å². The highest BCUT2D eigenvalue weighted by molar-refractivity contribution is 6.07. The third-order valence-electron chi connectivity index (χ3n) is 6.45. The zero-order valence-corrected chi connectivity index (χ0v) is 13.5. The summed E-state index contributed by atoms with van der Waals surface area (Å²) in [6.45, 7) is 2.20. The Morgan fingerprint density at radius 3 is 2.55 bits per heavy atom. The SMILES string of the molecule is CN1C(=O)N(C[C@H]2CCOC2)C2(CC3(CCCCC3)C2)C1=O. The number of likely N-dealkylation sites (N-methyl/N-ethyl adjacent to an activating group) is 1. The predicted molar refractivity (Wildman–Crippen MR) is 81.3 cm³/mol. The highest BCUT2D eigenvalue weighted by atomic mass is 16.5. The van der Waals surface area contributed by atoms with Crippen LogP contribution in [0.4, 0.5) is 4.79 Å². The Bertz CT molecular complexity index is 484. The lowest BCUT2D eigenvalue weighted by molar-refractivity contribution is -0.149. The Morgan fingerprint density at radius 2 is 1.91 bits per heavy atom. The van der Waals surface area contributed by atoms with E-state index in [0.717, 1.165) is 32.5 Å². The third kappa shape index (κ3) is 1.94. The van der Waals surface area contributed by atoms with Gasteiger partial charge < -0.3 is 9.64 Å². The van der Waals surface area contributed by atoms with E-state index in [1.165, 1.54) is 37.0 Å². The summed E-state index contributed by atoms with van der Waals surface area (Å²) in [5.74, 6) is 0.427. The molecule has 122 valence electrons. The molecule has 0 aromatic carbocycles. The van der Waals surface area contributed by atoms with Crippen molar-refractivity contribution in [1.29, 1.82) is 0 Å². The van der Waals surface area contributed by atoms with Gasteiger partial charge in [-0.25, -0.2) is 4.79 Å². The fourth-order valence-corrected chi connectivity index (χ4v) is 5.30. The summed E-state index contributed by atoms with van der Waals surface area (Å²) < 4.78 is 5.45. The first-order chi connectivity index (χ1) is 10.6. The molecule has 3 amide bonds. The van der Waals surface area contributed by atoms with Gasteiger partial charge >= 0.3 is 6.03 Å². The number of ether oxygens (including phenoxy) is 1. The van der Waals surface area contributed by atoms with Crippen LogP contribution in [-0.2, 0) is 9.53 Å². The minimum absolute atomic E-state index is 0.0348. The molecule has 2 aliphatic carbocycles. The van der Waals surface area contributed by atoms with E-state index >= 15 is 0 Å². The van der Waals surface area contributed by atoms with Gasteiger partial charge in [0.25, 0.3) is 5.91 Å². The molecule has 1 atom stereocenters. The molecular weight excluding hydrogens is 280 g/mol. The lowest BCUT2D eigenvalue weighted by Crippen LogP contribution is -2.64. The van der Waals surface area contributed by atoms with E-state index in [0.29, 0.717) is 17.9 Å². The van der Waals surface area contributed by atoms with Gasteiger partial charge in [-0.1, -0.05) is 19.3 Å². The van der Waals surface area contributed by atoms with Gasteiger partial charge in [0, 0.05) is 26.1 Å².